The summed E-state index contributed by atoms with van der Waals surface area (Å²) in [6, 6.07) is 0. The van der Waals surface area contributed by atoms with Gasteiger partial charge in [-0.1, -0.05) is 0 Å². The number of hydrogen-bond acceptors (Lipinski definition) is 2. The molecule has 2 nitrogen and oxygen atoms in total. The summed E-state index contributed by atoms with van der Waals surface area (Å²) in [4.78, 5) is 0. The Hall–Kier alpha value is -0.500. The molecular weight excluding hydrogens is 206 g/mol. The summed E-state index contributed by atoms with van der Waals surface area (Å²) in [6.45, 7) is -1.88. The minimum Gasteiger partial charge on any atom is -0.381 e. The highest BCUT2D eigenvalue weighted by Crippen LogP contribution is 2.42. The second kappa shape index (κ2) is 3.33. The van der Waals surface area contributed by atoms with Crippen molar-refractivity contribution in [3.05, 3.63) is 0 Å². The quantitative estimate of drug-likeness (QED) is 0.702. The highest BCUT2D eigenvalue weighted by atomic mass is 19.4. The number of methoxy groups -OCH3 is 1. The predicted molar refractivity (Wildman–Crippen MR) is 28.9 cm³/mol. The van der Waals surface area contributed by atoms with Crippen LogP contribution in [0.25, 0.3) is 0 Å². The van der Waals surface area contributed by atoms with Crippen molar-refractivity contribution in [1.29, 1.82) is 0 Å². The molecule has 0 saturated heterocycles. The highest BCUT2D eigenvalue weighted by molar-refractivity contribution is 4.93. The average Bonchev–Trinajstić information content (AvgIpc) is 1.82. The Morgan fingerprint density at radius 3 is 1.38 bits per heavy atom. The number of hydrogen-bond donors (Lipinski definition) is 1. The van der Waals surface area contributed by atoms with Crippen LogP contribution >= 0.6 is 0 Å². The second-order valence-corrected chi connectivity index (χ2v) is 2.29. The molecule has 0 amide bonds. The predicted octanol–water partition coefficient (Wildman–Crippen LogP) is 1.49. The van der Waals surface area contributed by atoms with Crippen LogP contribution in [0.5, 0.6) is 0 Å². The zero-order valence-electron chi connectivity index (χ0n) is 6.33. The summed E-state index contributed by atoms with van der Waals surface area (Å²) in [5.41, 5.74) is -4.80. The zero-order chi connectivity index (χ0) is 10.9. The van der Waals surface area contributed by atoms with E-state index in [1.165, 1.54) is 0 Å². The first-order valence-corrected chi connectivity index (χ1v) is 2.91. The van der Waals surface area contributed by atoms with Crippen molar-refractivity contribution >= 4 is 0 Å². The van der Waals surface area contributed by atoms with Gasteiger partial charge in [0.05, 0.1) is 6.61 Å². The monoisotopic (exact) mass is 212 g/mol. The first kappa shape index (κ1) is 12.5. The standard InChI is InChI=1S/C5H6F6O2/c1-13-2-3(12,4(6,7)8)5(9,10)11/h12H,2H2,1H3. The van der Waals surface area contributed by atoms with E-state index in [9.17, 15) is 26.3 Å². The van der Waals surface area contributed by atoms with Crippen molar-refractivity contribution in [2.45, 2.75) is 18.0 Å². The first-order valence-electron chi connectivity index (χ1n) is 2.91. The zero-order valence-corrected chi connectivity index (χ0v) is 6.33. The molecule has 0 aliphatic carbocycles. The molecule has 13 heavy (non-hydrogen) atoms. The van der Waals surface area contributed by atoms with Gasteiger partial charge in [-0.3, -0.25) is 0 Å². The van der Waals surface area contributed by atoms with Gasteiger partial charge in [-0.05, 0) is 0 Å². The van der Waals surface area contributed by atoms with Gasteiger partial charge in [-0.15, -0.1) is 0 Å². The van der Waals surface area contributed by atoms with Crippen LogP contribution in [0.2, 0.25) is 0 Å². The van der Waals surface area contributed by atoms with Gasteiger partial charge in [0.15, 0.2) is 0 Å². The van der Waals surface area contributed by atoms with Crippen molar-refractivity contribution < 1.29 is 36.2 Å². The molecule has 0 rings (SSSR count). The molecule has 0 spiro atoms. The molecule has 0 aromatic rings. The van der Waals surface area contributed by atoms with E-state index in [0.29, 0.717) is 7.11 Å². The van der Waals surface area contributed by atoms with Crippen LogP contribution in [0.1, 0.15) is 0 Å². The molecule has 80 valence electrons. The number of rotatable bonds is 2. The highest BCUT2D eigenvalue weighted by Gasteiger charge is 2.70. The lowest BCUT2D eigenvalue weighted by atomic mass is 10.1. The van der Waals surface area contributed by atoms with Crippen molar-refractivity contribution in [1.82, 2.24) is 0 Å². The van der Waals surface area contributed by atoms with E-state index in [4.69, 9.17) is 5.11 Å². The summed E-state index contributed by atoms with van der Waals surface area (Å²) in [5.74, 6) is 0. The smallest absolute Gasteiger partial charge is 0.381 e. The fourth-order valence-electron chi connectivity index (χ4n) is 0.533. The summed E-state index contributed by atoms with van der Waals surface area (Å²) < 4.78 is 74.1. The molecule has 0 fully saturated rings. The van der Waals surface area contributed by atoms with Gasteiger partial charge in [0.2, 0.25) is 0 Å². The summed E-state index contributed by atoms with van der Waals surface area (Å²) in [7, 11) is 0.627. The topological polar surface area (TPSA) is 29.5 Å². The summed E-state index contributed by atoms with van der Waals surface area (Å²) in [6.07, 6.45) is -11.6. The molecule has 0 aliphatic rings. The van der Waals surface area contributed by atoms with E-state index in [2.05, 4.69) is 4.74 Å². The lowest BCUT2D eigenvalue weighted by Crippen LogP contribution is -2.59. The van der Waals surface area contributed by atoms with Gasteiger partial charge < -0.3 is 9.84 Å². The molecule has 0 aliphatic heterocycles. The third-order valence-electron chi connectivity index (χ3n) is 1.29. The minimum absolute atomic E-state index is 0.627. The molecule has 1 N–H and O–H groups in total. The molecule has 8 heteroatoms. The maximum Gasteiger partial charge on any atom is 0.428 e. The van der Waals surface area contributed by atoms with E-state index in [1.54, 1.807) is 0 Å². The van der Waals surface area contributed by atoms with Crippen molar-refractivity contribution in [2.24, 2.45) is 0 Å². The van der Waals surface area contributed by atoms with Gasteiger partial charge >= 0.3 is 12.4 Å². The van der Waals surface area contributed by atoms with Crippen LogP contribution in [0, 0.1) is 0 Å². The molecule has 0 bridgehead atoms. The SMILES string of the molecule is COCC(O)(C(F)(F)F)C(F)(F)F. The van der Waals surface area contributed by atoms with E-state index >= 15 is 0 Å². The van der Waals surface area contributed by atoms with Gasteiger partial charge in [-0.2, -0.15) is 26.3 Å². The van der Waals surface area contributed by atoms with Crippen molar-refractivity contribution in [3.63, 3.8) is 0 Å². The molecule has 0 aromatic carbocycles. The van der Waals surface area contributed by atoms with Gasteiger partial charge in [0.25, 0.3) is 5.60 Å². The van der Waals surface area contributed by atoms with Gasteiger partial charge in [-0.25, -0.2) is 0 Å². The van der Waals surface area contributed by atoms with Crippen molar-refractivity contribution in [3.8, 4) is 0 Å². The van der Waals surface area contributed by atoms with E-state index in [0.717, 1.165) is 0 Å². The average molecular weight is 212 g/mol. The maximum atomic E-state index is 11.7. The second-order valence-electron chi connectivity index (χ2n) is 2.29. The Labute approximate surface area is 69.1 Å². The van der Waals surface area contributed by atoms with Crippen LogP contribution in [-0.4, -0.2) is 36.8 Å². The van der Waals surface area contributed by atoms with Crippen LogP contribution in [0.15, 0.2) is 0 Å². The number of halogens is 6. The Bertz CT molecular complexity index is 157. The minimum atomic E-state index is -5.80. The molecule has 0 aromatic heterocycles. The molecular formula is C5H6F6O2. The molecule has 0 atom stereocenters. The Balaban J connectivity index is 4.96. The van der Waals surface area contributed by atoms with E-state index in [-0.39, 0.29) is 0 Å². The third-order valence-corrected chi connectivity index (χ3v) is 1.29. The van der Waals surface area contributed by atoms with Crippen LogP contribution in [0.3, 0.4) is 0 Å². The summed E-state index contributed by atoms with van der Waals surface area (Å²) >= 11 is 0. The van der Waals surface area contributed by atoms with Crippen LogP contribution in [-0.2, 0) is 4.74 Å². The lowest BCUT2D eigenvalue weighted by molar-refractivity contribution is -0.376. The number of alkyl halides is 6. The Morgan fingerprint density at radius 1 is 1.00 bits per heavy atom. The van der Waals surface area contributed by atoms with Crippen LogP contribution < -0.4 is 0 Å². The van der Waals surface area contributed by atoms with Crippen molar-refractivity contribution in [2.75, 3.05) is 13.7 Å². The largest absolute Gasteiger partial charge is 0.428 e. The van der Waals surface area contributed by atoms with E-state index < -0.39 is 24.6 Å². The third kappa shape index (κ3) is 2.25. The normalized spacial score (nSPS) is 14.8. The number of aliphatic hydroxyl groups is 1. The molecule has 0 saturated carbocycles. The maximum absolute atomic E-state index is 11.7. The van der Waals surface area contributed by atoms with Gasteiger partial charge in [0, 0.05) is 7.11 Å². The number of ether oxygens (including phenoxy) is 1. The lowest BCUT2D eigenvalue weighted by Gasteiger charge is -2.31. The Kier molecular flexibility index (Phi) is 3.21. The molecule has 0 radical (unpaired) electrons. The Morgan fingerprint density at radius 2 is 1.31 bits per heavy atom. The fraction of sp³-hybridized carbons (Fsp3) is 1.00. The summed E-state index contributed by atoms with van der Waals surface area (Å²) in [5, 5.41) is 8.31. The van der Waals surface area contributed by atoms with Gasteiger partial charge in [0.1, 0.15) is 0 Å². The van der Waals surface area contributed by atoms with E-state index in [1.807, 2.05) is 0 Å². The fourth-order valence-corrected chi connectivity index (χ4v) is 0.533. The first-order chi connectivity index (χ1) is 5.56. The molecule has 0 heterocycles. The van der Waals surface area contributed by atoms with Crippen LogP contribution in [0.4, 0.5) is 26.3 Å². The molecule has 0 unspecified atom stereocenters.